The van der Waals surface area contributed by atoms with E-state index >= 15 is 0 Å². The molecule has 0 aliphatic carbocycles. The maximum Gasteiger partial charge on any atom is 0.0412 e. The molecule has 2 aromatic carbocycles. The predicted octanol–water partition coefficient (Wildman–Crippen LogP) is 3.92. The van der Waals surface area contributed by atoms with E-state index in [1.807, 2.05) is 18.2 Å². The summed E-state index contributed by atoms with van der Waals surface area (Å²) >= 11 is 10.1. The van der Waals surface area contributed by atoms with Crippen LogP contribution in [0.4, 0.5) is 0 Å². The number of rotatable bonds is 1. The van der Waals surface area contributed by atoms with E-state index in [0.717, 1.165) is 10.8 Å². The molecule has 0 amide bonds. The van der Waals surface area contributed by atoms with Crippen molar-refractivity contribution in [2.45, 2.75) is 5.75 Å². The second-order valence-corrected chi connectivity index (χ2v) is 3.74. The zero-order chi connectivity index (χ0) is 9.26. The summed E-state index contributed by atoms with van der Waals surface area (Å²) < 4.78 is 0. The first-order valence-electron chi connectivity index (χ1n) is 4.08. The largest absolute Gasteiger partial charge is 0.175 e. The minimum atomic E-state index is 0.776. The Morgan fingerprint density at radius 2 is 1.69 bits per heavy atom. The van der Waals surface area contributed by atoms with Crippen LogP contribution in [0.3, 0.4) is 0 Å². The van der Waals surface area contributed by atoms with Crippen LogP contribution in [-0.2, 0) is 5.75 Å². The van der Waals surface area contributed by atoms with Crippen LogP contribution in [0.2, 0.25) is 5.02 Å². The van der Waals surface area contributed by atoms with E-state index in [9.17, 15) is 0 Å². The lowest BCUT2D eigenvalue weighted by molar-refractivity contribution is 1.45. The summed E-state index contributed by atoms with van der Waals surface area (Å²) in [5.41, 5.74) is 1.23. The predicted molar refractivity (Wildman–Crippen MR) is 61.6 cm³/mol. The van der Waals surface area contributed by atoms with Crippen LogP contribution in [0, 0.1) is 0 Å². The van der Waals surface area contributed by atoms with Gasteiger partial charge < -0.3 is 0 Å². The quantitative estimate of drug-likeness (QED) is 0.675. The van der Waals surface area contributed by atoms with Gasteiger partial charge in [-0.25, -0.2) is 0 Å². The van der Waals surface area contributed by atoms with Gasteiger partial charge in [-0.05, 0) is 28.5 Å². The zero-order valence-electron chi connectivity index (χ0n) is 7.00. The fraction of sp³-hybridized carbons (Fsp3) is 0.0909. The standard InChI is InChI=1S/C11H9ClS/c12-11-4-3-9-5-8(7-13)1-2-10(9)6-11/h1-6,13H,7H2. The minimum absolute atomic E-state index is 0.776. The van der Waals surface area contributed by atoms with Gasteiger partial charge in [0.1, 0.15) is 0 Å². The van der Waals surface area contributed by atoms with E-state index in [1.54, 1.807) is 0 Å². The van der Waals surface area contributed by atoms with Gasteiger partial charge in [-0.3, -0.25) is 0 Å². The molecule has 0 spiro atoms. The number of benzene rings is 2. The SMILES string of the molecule is SCc1ccc2cc(Cl)ccc2c1. The lowest BCUT2D eigenvalue weighted by atomic mass is 10.1. The van der Waals surface area contributed by atoms with E-state index in [1.165, 1.54) is 16.3 Å². The van der Waals surface area contributed by atoms with Crippen LogP contribution >= 0.6 is 24.2 Å². The molecule has 0 heterocycles. The Balaban J connectivity index is 2.66. The van der Waals surface area contributed by atoms with Gasteiger partial charge in [0.05, 0.1) is 0 Å². The fourth-order valence-electron chi connectivity index (χ4n) is 1.36. The second kappa shape index (κ2) is 3.60. The van der Waals surface area contributed by atoms with Gasteiger partial charge in [-0.2, -0.15) is 12.6 Å². The van der Waals surface area contributed by atoms with Crippen molar-refractivity contribution in [1.82, 2.24) is 0 Å². The molecule has 2 rings (SSSR count). The van der Waals surface area contributed by atoms with E-state index in [2.05, 4.69) is 30.8 Å². The van der Waals surface area contributed by atoms with Crippen LogP contribution < -0.4 is 0 Å². The first kappa shape index (κ1) is 8.92. The normalized spacial score (nSPS) is 10.6. The van der Waals surface area contributed by atoms with Crippen molar-refractivity contribution in [1.29, 1.82) is 0 Å². The molecule has 0 radical (unpaired) electrons. The molecule has 0 aliphatic heterocycles. The highest BCUT2D eigenvalue weighted by molar-refractivity contribution is 7.79. The van der Waals surface area contributed by atoms with Crippen molar-refractivity contribution in [2.24, 2.45) is 0 Å². The highest BCUT2D eigenvalue weighted by Gasteiger charge is 1.95. The molecule has 0 saturated heterocycles. The highest BCUT2D eigenvalue weighted by atomic mass is 35.5. The summed E-state index contributed by atoms with van der Waals surface area (Å²) in [7, 11) is 0. The Hall–Kier alpha value is -0.660. The average molecular weight is 209 g/mol. The van der Waals surface area contributed by atoms with Crippen LogP contribution in [0.15, 0.2) is 36.4 Å². The van der Waals surface area contributed by atoms with Crippen LogP contribution in [0.1, 0.15) is 5.56 Å². The Labute approximate surface area is 87.9 Å². The van der Waals surface area contributed by atoms with E-state index in [4.69, 9.17) is 11.6 Å². The van der Waals surface area contributed by atoms with Gasteiger partial charge in [0.25, 0.3) is 0 Å². The molecule has 2 heteroatoms. The first-order valence-corrected chi connectivity index (χ1v) is 5.10. The molecule has 0 aromatic heterocycles. The highest BCUT2D eigenvalue weighted by Crippen LogP contribution is 2.20. The lowest BCUT2D eigenvalue weighted by Crippen LogP contribution is -1.78. The van der Waals surface area contributed by atoms with Crippen molar-refractivity contribution in [3.8, 4) is 0 Å². The van der Waals surface area contributed by atoms with Gasteiger partial charge in [0.2, 0.25) is 0 Å². The van der Waals surface area contributed by atoms with Gasteiger partial charge in [-0.1, -0.05) is 35.9 Å². The number of hydrogen-bond donors (Lipinski definition) is 1. The third-order valence-corrected chi connectivity index (χ3v) is 2.65. The molecule has 0 saturated carbocycles. The number of hydrogen-bond acceptors (Lipinski definition) is 1. The van der Waals surface area contributed by atoms with Crippen molar-refractivity contribution in [2.75, 3.05) is 0 Å². The maximum absolute atomic E-state index is 5.88. The minimum Gasteiger partial charge on any atom is -0.175 e. The molecule has 0 aliphatic rings. The van der Waals surface area contributed by atoms with E-state index in [-0.39, 0.29) is 0 Å². The Morgan fingerprint density at radius 1 is 1.00 bits per heavy atom. The summed E-state index contributed by atoms with van der Waals surface area (Å²) in [4.78, 5) is 0. The number of fused-ring (bicyclic) bond motifs is 1. The van der Waals surface area contributed by atoms with E-state index < -0.39 is 0 Å². The third kappa shape index (κ3) is 1.82. The molecule has 0 nitrogen and oxygen atoms in total. The molecule has 0 unspecified atom stereocenters. The summed E-state index contributed by atoms with van der Waals surface area (Å²) in [5, 5.41) is 3.18. The van der Waals surface area contributed by atoms with Crippen molar-refractivity contribution in [3.63, 3.8) is 0 Å². The molecule has 2 aromatic rings. The Morgan fingerprint density at radius 3 is 2.46 bits per heavy atom. The Kier molecular flexibility index (Phi) is 2.47. The molecular weight excluding hydrogens is 200 g/mol. The number of thiol groups is 1. The fourth-order valence-corrected chi connectivity index (χ4v) is 1.74. The topological polar surface area (TPSA) is 0 Å². The molecular formula is C11H9ClS. The number of halogens is 1. The maximum atomic E-state index is 5.88. The molecule has 66 valence electrons. The van der Waals surface area contributed by atoms with Crippen LogP contribution in [0.5, 0.6) is 0 Å². The van der Waals surface area contributed by atoms with Crippen molar-refractivity contribution in [3.05, 3.63) is 47.0 Å². The van der Waals surface area contributed by atoms with E-state index in [0.29, 0.717) is 0 Å². The zero-order valence-corrected chi connectivity index (χ0v) is 8.65. The molecule has 0 atom stereocenters. The second-order valence-electron chi connectivity index (χ2n) is 2.98. The van der Waals surface area contributed by atoms with Gasteiger partial charge in [-0.15, -0.1) is 0 Å². The summed E-state index contributed by atoms with van der Waals surface area (Å²) in [6, 6.07) is 12.2. The van der Waals surface area contributed by atoms with Crippen LogP contribution in [0.25, 0.3) is 10.8 Å². The van der Waals surface area contributed by atoms with Gasteiger partial charge in [0.15, 0.2) is 0 Å². The average Bonchev–Trinajstić information content (AvgIpc) is 2.17. The monoisotopic (exact) mass is 208 g/mol. The lowest BCUT2D eigenvalue weighted by Gasteiger charge is -2.00. The van der Waals surface area contributed by atoms with Crippen molar-refractivity contribution >= 4 is 35.0 Å². The summed E-state index contributed by atoms with van der Waals surface area (Å²) in [6.07, 6.45) is 0. The first-order chi connectivity index (χ1) is 6.29. The third-order valence-electron chi connectivity index (χ3n) is 2.05. The molecule has 13 heavy (non-hydrogen) atoms. The van der Waals surface area contributed by atoms with Crippen LogP contribution in [-0.4, -0.2) is 0 Å². The van der Waals surface area contributed by atoms with Gasteiger partial charge >= 0.3 is 0 Å². The molecule has 0 fully saturated rings. The van der Waals surface area contributed by atoms with Crippen molar-refractivity contribution < 1.29 is 0 Å². The molecule has 0 bridgehead atoms. The smallest absolute Gasteiger partial charge is 0.0412 e. The van der Waals surface area contributed by atoms with Gasteiger partial charge in [0, 0.05) is 10.8 Å². The molecule has 0 N–H and O–H groups in total. The Bertz CT molecular complexity index is 437. The summed E-state index contributed by atoms with van der Waals surface area (Å²) in [5.74, 6) is 0.776. The summed E-state index contributed by atoms with van der Waals surface area (Å²) in [6.45, 7) is 0.